The van der Waals surface area contributed by atoms with Gasteiger partial charge in [-0.2, -0.15) is 0 Å². The molecule has 2 N–H and O–H groups in total. The molecule has 19 heavy (non-hydrogen) atoms. The molecule has 0 saturated carbocycles. The second-order valence-corrected chi connectivity index (χ2v) is 4.91. The van der Waals surface area contributed by atoms with Crippen LogP contribution < -0.4 is 10.6 Å². The number of halogens is 1. The summed E-state index contributed by atoms with van der Waals surface area (Å²) in [5.41, 5.74) is 9.37. The fraction of sp³-hybridized carbons (Fsp3) is 0.250. The van der Waals surface area contributed by atoms with Crippen LogP contribution in [0.3, 0.4) is 0 Å². The minimum atomic E-state index is -0.348. The zero-order valence-corrected chi connectivity index (χ0v) is 10.8. The van der Waals surface area contributed by atoms with Gasteiger partial charge in [-0.3, -0.25) is 0 Å². The highest BCUT2D eigenvalue weighted by Gasteiger charge is 2.19. The highest BCUT2D eigenvalue weighted by Crippen LogP contribution is 2.36. The molecule has 3 rings (SSSR count). The van der Waals surface area contributed by atoms with Gasteiger partial charge in [-0.15, -0.1) is 0 Å². The molecule has 1 aliphatic heterocycles. The van der Waals surface area contributed by atoms with Crippen LogP contribution in [0.5, 0.6) is 0 Å². The number of anilines is 3. The van der Waals surface area contributed by atoms with Crippen molar-refractivity contribution in [2.24, 2.45) is 0 Å². The van der Waals surface area contributed by atoms with E-state index >= 15 is 0 Å². The summed E-state index contributed by atoms with van der Waals surface area (Å²) in [5.74, 6) is -0.348. The summed E-state index contributed by atoms with van der Waals surface area (Å²) in [6.45, 7) is 0.880. The summed E-state index contributed by atoms with van der Waals surface area (Å²) < 4.78 is 13.7. The van der Waals surface area contributed by atoms with Crippen LogP contribution in [-0.4, -0.2) is 6.54 Å². The Bertz CT molecular complexity index is 595. The Labute approximate surface area is 112 Å². The maximum Gasteiger partial charge on any atom is 0.148 e. The lowest BCUT2D eigenvalue weighted by molar-refractivity contribution is 0.632. The molecule has 1 heterocycles. The molecule has 0 amide bonds. The Morgan fingerprint density at radius 3 is 2.63 bits per heavy atom. The van der Waals surface area contributed by atoms with Gasteiger partial charge in [-0.1, -0.05) is 24.3 Å². The van der Waals surface area contributed by atoms with Crippen LogP contribution in [0.1, 0.15) is 18.4 Å². The van der Waals surface area contributed by atoms with E-state index in [1.807, 2.05) is 12.1 Å². The van der Waals surface area contributed by atoms with Crippen LogP contribution in [0.15, 0.2) is 42.5 Å². The first-order valence-corrected chi connectivity index (χ1v) is 6.67. The van der Waals surface area contributed by atoms with Gasteiger partial charge >= 0.3 is 0 Å². The molecule has 0 fully saturated rings. The van der Waals surface area contributed by atoms with Gasteiger partial charge in [-0.25, -0.2) is 4.39 Å². The second-order valence-electron chi connectivity index (χ2n) is 4.91. The van der Waals surface area contributed by atoms with Gasteiger partial charge in [0.15, 0.2) is 0 Å². The highest BCUT2D eigenvalue weighted by molar-refractivity contribution is 5.76. The number of nitrogens with zero attached hydrogens (tertiary/aromatic N) is 1. The van der Waals surface area contributed by atoms with Crippen molar-refractivity contribution in [3.05, 3.63) is 53.8 Å². The molecule has 2 aromatic carbocycles. The van der Waals surface area contributed by atoms with E-state index in [0.29, 0.717) is 0 Å². The van der Waals surface area contributed by atoms with E-state index in [1.54, 1.807) is 6.07 Å². The number of nitrogens with two attached hydrogens (primary N) is 1. The molecule has 0 saturated heterocycles. The molecule has 3 heteroatoms. The molecular weight excluding hydrogens is 239 g/mol. The van der Waals surface area contributed by atoms with Crippen LogP contribution >= 0.6 is 0 Å². The summed E-state index contributed by atoms with van der Waals surface area (Å²) in [6, 6.07) is 13.3. The van der Waals surface area contributed by atoms with Gasteiger partial charge in [0.2, 0.25) is 0 Å². The zero-order chi connectivity index (χ0) is 13.2. The smallest absolute Gasteiger partial charge is 0.148 e. The van der Waals surface area contributed by atoms with Crippen molar-refractivity contribution in [1.82, 2.24) is 0 Å². The van der Waals surface area contributed by atoms with Gasteiger partial charge in [0.05, 0.1) is 11.4 Å². The van der Waals surface area contributed by atoms with Gasteiger partial charge in [0.1, 0.15) is 5.82 Å². The van der Waals surface area contributed by atoms with E-state index in [0.717, 1.165) is 37.2 Å². The number of hydrogen-bond donors (Lipinski definition) is 1. The van der Waals surface area contributed by atoms with Crippen molar-refractivity contribution >= 4 is 17.1 Å². The number of benzene rings is 2. The lowest BCUT2D eigenvalue weighted by Crippen LogP contribution is -2.19. The average Bonchev–Trinajstić information content (AvgIpc) is 2.64. The van der Waals surface area contributed by atoms with Gasteiger partial charge in [0.25, 0.3) is 0 Å². The molecule has 1 aliphatic rings. The molecule has 0 spiro atoms. The Kier molecular flexibility index (Phi) is 3.11. The van der Waals surface area contributed by atoms with Crippen LogP contribution in [0, 0.1) is 5.82 Å². The van der Waals surface area contributed by atoms with Crippen molar-refractivity contribution in [3.63, 3.8) is 0 Å². The quantitative estimate of drug-likeness (QED) is 0.784. The van der Waals surface area contributed by atoms with Crippen molar-refractivity contribution < 1.29 is 4.39 Å². The molecule has 0 aliphatic carbocycles. The summed E-state index contributed by atoms with van der Waals surface area (Å²) in [4.78, 5) is 2.14. The largest absolute Gasteiger partial charge is 0.395 e. The fourth-order valence-electron chi connectivity index (χ4n) is 2.70. The molecule has 0 bridgehead atoms. The Balaban J connectivity index is 2.12. The maximum atomic E-state index is 13.7. The first-order valence-electron chi connectivity index (χ1n) is 6.67. The molecule has 2 nitrogen and oxygen atoms in total. The fourth-order valence-corrected chi connectivity index (χ4v) is 2.70. The Hall–Kier alpha value is -2.03. The summed E-state index contributed by atoms with van der Waals surface area (Å²) >= 11 is 0. The van der Waals surface area contributed by atoms with Gasteiger partial charge in [-0.05, 0) is 43.0 Å². The highest BCUT2D eigenvalue weighted by atomic mass is 19.1. The first kappa shape index (κ1) is 12.0. The zero-order valence-electron chi connectivity index (χ0n) is 10.8. The normalized spacial score (nSPS) is 14.9. The molecule has 2 aromatic rings. The third-order valence-electron chi connectivity index (χ3n) is 3.68. The van der Waals surface area contributed by atoms with Crippen molar-refractivity contribution in [2.75, 3.05) is 17.2 Å². The first-order chi connectivity index (χ1) is 9.27. The number of aryl methyl sites for hydroxylation is 1. The maximum absolute atomic E-state index is 13.7. The van der Waals surface area contributed by atoms with Crippen LogP contribution in [0.25, 0.3) is 0 Å². The monoisotopic (exact) mass is 256 g/mol. The SMILES string of the molecule is Nc1c(F)cccc1N1CCCCc2ccccc21. The van der Waals surface area contributed by atoms with Crippen molar-refractivity contribution in [1.29, 1.82) is 0 Å². The van der Waals surface area contributed by atoms with Crippen LogP contribution in [-0.2, 0) is 6.42 Å². The number of hydrogen-bond acceptors (Lipinski definition) is 2. The van der Waals surface area contributed by atoms with Crippen LogP contribution in [0.4, 0.5) is 21.5 Å². The van der Waals surface area contributed by atoms with Crippen molar-refractivity contribution in [2.45, 2.75) is 19.3 Å². The molecule has 0 unspecified atom stereocenters. The Morgan fingerprint density at radius 2 is 1.74 bits per heavy atom. The molecule has 0 atom stereocenters. The number of nitrogen functional groups attached to an aromatic ring is 1. The third kappa shape index (κ3) is 2.16. The number of rotatable bonds is 1. The number of para-hydroxylation sites is 2. The summed E-state index contributed by atoms with van der Waals surface area (Å²) in [5, 5.41) is 0. The van der Waals surface area contributed by atoms with E-state index < -0.39 is 0 Å². The summed E-state index contributed by atoms with van der Waals surface area (Å²) in [7, 11) is 0. The third-order valence-corrected chi connectivity index (χ3v) is 3.68. The minimum absolute atomic E-state index is 0.235. The van der Waals surface area contributed by atoms with Crippen LogP contribution in [0.2, 0.25) is 0 Å². The number of fused-ring (bicyclic) bond motifs is 1. The predicted octanol–water partition coefficient (Wildman–Crippen LogP) is 3.88. The van der Waals surface area contributed by atoms with Crippen molar-refractivity contribution in [3.8, 4) is 0 Å². The second kappa shape index (κ2) is 4.92. The van der Waals surface area contributed by atoms with E-state index in [4.69, 9.17) is 5.73 Å². The molecule has 98 valence electrons. The molecular formula is C16H17FN2. The van der Waals surface area contributed by atoms with E-state index in [1.165, 1.54) is 11.6 Å². The Morgan fingerprint density at radius 1 is 0.947 bits per heavy atom. The molecule has 0 aromatic heterocycles. The van der Waals surface area contributed by atoms with E-state index in [9.17, 15) is 4.39 Å². The minimum Gasteiger partial charge on any atom is -0.395 e. The standard InChI is InChI=1S/C16H17FN2/c17-13-8-5-10-15(16(13)18)19-11-4-3-7-12-6-1-2-9-14(12)19/h1-2,5-6,8-10H,3-4,7,11,18H2. The van der Waals surface area contributed by atoms with Gasteiger partial charge in [0, 0.05) is 12.2 Å². The van der Waals surface area contributed by atoms with E-state index in [-0.39, 0.29) is 11.5 Å². The summed E-state index contributed by atoms with van der Waals surface area (Å²) in [6.07, 6.45) is 3.31. The lowest BCUT2D eigenvalue weighted by atomic mass is 10.1. The van der Waals surface area contributed by atoms with Gasteiger partial charge < -0.3 is 10.6 Å². The predicted molar refractivity (Wildman–Crippen MR) is 77.2 cm³/mol. The lowest BCUT2D eigenvalue weighted by Gasteiger charge is -2.26. The molecule has 0 radical (unpaired) electrons. The van der Waals surface area contributed by atoms with E-state index in [2.05, 4.69) is 23.1 Å². The topological polar surface area (TPSA) is 29.3 Å². The average molecular weight is 256 g/mol.